The van der Waals surface area contributed by atoms with Crippen molar-refractivity contribution < 1.29 is 0 Å². The SMILES string of the molecule is N#Cc1ccc2cn[nH]c2n1. The van der Waals surface area contributed by atoms with E-state index in [1.54, 1.807) is 12.3 Å². The van der Waals surface area contributed by atoms with Crippen molar-refractivity contribution in [2.24, 2.45) is 0 Å². The maximum atomic E-state index is 8.49. The summed E-state index contributed by atoms with van der Waals surface area (Å²) in [6, 6.07) is 5.42. The van der Waals surface area contributed by atoms with E-state index in [-0.39, 0.29) is 0 Å². The molecule has 0 aliphatic heterocycles. The zero-order valence-electron chi connectivity index (χ0n) is 5.57. The van der Waals surface area contributed by atoms with Gasteiger partial charge in [-0.15, -0.1) is 0 Å². The van der Waals surface area contributed by atoms with Gasteiger partial charge in [-0.05, 0) is 12.1 Å². The van der Waals surface area contributed by atoms with Crippen LogP contribution in [-0.4, -0.2) is 15.2 Å². The Morgan fingerprint density at radius 1 is 1.45 bits per heavy atom. The molecule has 0 spiro atoms. The molecule has 0 aliphatic rings. The number of pyridine rings is 1. The smallest absolute Gasteiger partial charge is 0.156 e. The number of H-pyrrole nitrogens is 1. The van der Waals surface area contributed by atoms with Gasteiger partial charge in [-0.25, -0.2) is 4.98 Å². The Morgan fingerprint density at radius 3 is 3.18 bits per heavy atom. The molecule has 2 aromatic rings. The van der Waals surface area contributed by atoms with Gasteiger partial charge in [0, 0.05) is 5.39 Å². The highest BCUT2D eigenvalue weighted by molar-refractivity contribution is 5.73. The summed E-state index contributed by atoms with van der Waals surface area (Å²) in [4.78, 5) is 3.97. The van der Waals surface area contributed by atoms with Crippen LogP contribution in [0.5, 0.6) is 0 Å². The van der Waals surface area contributed by atoms with Gasteiger partial charge in [0.2, 0.25) is 0 Å². The number of rotatable bonds is 0. The molecular weight excluding hydrogens is 140 g/mol. The summed E-state index contributed by atoms with van der Waals surface area (Å²) in [5.41, 5.74) is 1.06. The summed E-state index contributed by atoms with van der Waals surface area (Å²) in [6.07, 6.45) is 1.67. The van der Waals surface area contributed by atoms with E-state index in [1.165, 1.54) is 0 Å². The van der Waals surface area contributed by atoms with E-state index in [9.17, 15) is 0 Å². The molecule has 0 fully saturated rings. The van der Waals surface area contributed by atoms with E-state index in [0.29, 0.717) is 11.3 Å². The van der Waals surface area contributed by atoms with Gasteiger partial charge in [-0.3, -0.25) is 5.10 Å². The highest BCUT2D eigenvalue weighted by Gasteiger charge is 1.96. The van der Waals surface area contributed by atoms with Gasteiger partial charge in [0.15, 0.2) is 5.65 Å². The summed E-state index contributed by atoms with van der Waals surface area (Å²) < 4.78 is 0. The first-order valence-electron chi connectivity index (χ1n) is 3.10. The van der Waals surface area contributed by atoms with Crippen molar-refractivity contribution in [1.82, 2.24) is 15.2 Å². The quantitative estimate of drug-likeness (QED) is 0.595. The van der Waals surface area contributed by atoms with Crippen LogP contribution in [-0.2, 0) is 0 Å². The number of fused-ring (bicyclic) bond motifs is 1. The molecule has 4 nitrogen and oxygen atoms in total. The number of nitrogens with one attached hydrogen (secondary N) is 1. The largest absolute Gasteiger partial charge is 0.261 e. The summed E-state index contributed by atoms with van der Waals surface area (Å²) in [5.74, 6) is 0. The predicted octanol–water partition coefficient (Wildman–Crippen LogP) is 0.830. The van der Waals surface area contributed by atoms with Gasteiger partial charge in [-0.2, -0.15) is 10.4 Å². The number of nitrogens with zero attached hydrogens (tertiary/aromatic N) is 3. The molecule has 0 bridgehead atoms. The number of hydrogen-bond donors (Lipinski definition) is 1. The molecule has 0 unspecified atom stereocenters. The Morgan fingerprint density at radius 2 is 2.36 bits per heavy atom. The third-order valence-electron chi connectivity index (χ3n) is 1.42. The number of nitriles is 1. The predicted molar refractivity (Wildman–Crippen MR) is 38.6 cm³/mol. The Labute approximate surface area is 62.5 Å². The molecule has 2 rings (SSSR count). The van der Waals surface area contributed by atoms with Crippen LogP contribution >= 0.6 is 0 Å². The van der Waals surface area contributed by atoms with Crippen molar-refractivity contribution >= 4 is 11.0 Å². The summed E-state index contributed by atoms with van der Waals surface area (Å²) >= 11 is 0. The molecule has 2 heterocycles. The average molecular weight is 144 g/mol. The number of hydrogen-bond acceptors (Lipinski definition) is 3. The molecule has 0 amide bonds. The Hall–Kier alpha value is -1.89. The average Bonchev–Trinajstić information content (AvgIpc) is 2.50. The van der Waals surface area contributed by atoms with Crippen molar-refractivity contribution in [3.05, 3.63) is 24.0 Å². The Balaban J connectivity index is 2.79. The molecule has 0 aliphatic carbocycles. The fourth-order valence-electron chi connectivity index (χ4n) is 0.889. The maximum Gasteiger partial charge on any atom is 0.156 e. The first-order chi connectivity index (χ1) is 5.40. The molecule has 1 N–H and O–H groups in total. The van der Waals surface area contributed by atoms with Crippen LogP contribution < -0.4 is 0 Å². The minimum atomic E-state index is 0.404. The molecule has 0 saturated heterocycles. The first-order valence-corrected chi connectivity index (χ1v) is 3.10. The lowest BCUT2D eigenvalue weighted by Gasteiger charge is -1.86. The van der Waals surface area contributed by atoms with Crippen LogP contribution in [0.15, 0.2) is 18.3 Å². The highest BCUT2D eigenvalue weighted by Crippen LogP contribution is 2.06. The fourth-order valence-corrected chi connectivity index (χ4v) is 0.889. The van der Waals surface area contributed by atoms with Gasteiger partial charge < -0.3 is 0 Å². The first kappa shape index (κ1) is 5.86. The van der Waals surface area contributed by atoms with E-state index in [4.69, 9.17) is 5.26 Å². The third-order valence-corrected chi connectivity index (χ3v) is 1.42. The zero-order chi connectivity index (χ0) is 7.68. The van der Waals surface area contributed by atoms with Crippen LogP contribution in [0, 0.1) is 11.3 Å². The van der Waals surface area contributed by atoms with E-state index >= 15 is 0 Å². The minimum Gasteiger partial charge on any atom is -0.261 e. The lowest BCUT2D eigenvalue weighted by Crippen LogP contribution is -1.81. The van der Waals surface area contributed by atoms with E-state index < -0.39 is 0 Å². The number of aromatic nitrogens is 3. The van der Waals surface area contributed by atoms with E-state index in [0.717, 1.165) is 5.39 Å². The highest BCUT2D eigenvalue weighted by atomic mass is 15.1. The van der Waals surface area contributed by atoms with Crippen molar-refractivity contribution in [2.45, 2.75) is 0 Å². The van der Waals surface area contributed by atoms with Crippen molar-refractivity contribution in [3.8, 4) is 6.07 Å². The molecule has 0 radical (unpaired) electrons. The van der Waals surface area contributed by atoms with Gasteiger partial charge >= 0.3 is 0 Å². The minimum absolute atomic E-state index is 0.404. The second-order valence-electron chi connectivity index (χ2n) is 2.12. The summed E-state index contributed by atoms with van der Waals surface area (Å²) in [5, 5.41) is 15.9. The van der Waals surface area contributed by atoms with Crippen molar-refractivity contribution in [2.75, 3.05) is 0 Å². The lowest BCUT2D eigenvalue weighted by atomic mass is 10.3. The molecule has 0 aromatic carbocycles. The van der Waals surface area contributed by atoms with E-state index in [2.05, 4.69) is 15.2 Å². The molecule has 11 heavy (non-hydrogen) atoms. The van der Waals surface area contributed by atoms with Gasteiger partial charge in [0.1, 0.15) is 11.8 Å². The van der Waals surface area contributed by atoms with Crippen LogP contribution in [0.1, 0.15) is 5.69 Å². The second kappa shape index (κ2) is 2.06. The zero-order valence-corrected chi connectivity index (χ0v) is 5.57. The van der Waals surface area contributed by atoms with Crippen LogP contribution in [0.4, 0.5) is 0 Å². The molecule has 4 heteroatoms. The van der Waals surface area contributed by atoms with E-state index in [1.807, 2.05) is 12.1 Å². The molecule has 0 saturated carbocycles. The van der Waals surface area contributed by atoms with Gasteiger partial charge in [0.05, 0.1) is 6.20 Å². The molecule has 2 aromatic heterocycles. The third kappa shape index (κ3) is 0.829. The van der Waals surface area contributed by atoms with Crippen molar-refractivity contribution in [3.63, 3.8) is 0 Å². The van der Waals surface area contributed by atoms with Crippen LogP contribution in [0.25, 0.3) is 11.0 Å². The molecular formula is C7H4N4. The molecule has 52 valence electrons. The molecule has 0 atom stereocenters. The van der Waals surface area contributed by atoms with Crippen molar-refractivity contribution in [1.29, 1.82) is 5.26 Å². The fraction of sp³-hybridized carbons (Fsp3) is 0. The lowest BCUT2D eigenvalue weighted by molar-refractivity contribution is 1.09. The van der Waals surface area contributed by atoms with Crippen LogP contribution in [0.3, 0.4) is 0 Å². The van der Waals surface area contributed by atoms with Gasteiger partial charge in [-0.1, -0.05) is 0 Å². The summed E-state index contributed by atoms with van der Waals surface area (Å²) in [7, 11) is 0. The maximum absolute atomic E-state index is 8.49. The summed E-state index contributed by atoms with van der Waals surface area (Å²) in [6.45, 7) is 0. The Bertz CT molecular complexity index is 423. The van der Waals surface area contributed by atoms with Gasteiger partial charge in [0.25, 0.3) is 0 Å². The standard InChI is InChI=1S/C7H4N4/c8-3-6-2-1-5-4-9-11-7(5)10-6/h1-2,4H,(H,9,10,11). The van der Waals surface area contributed by atoms with Crippen LogP contribution in [0.2, 0.25) is 0 Å². The number of aromatic amines is 1. The Kier molecular flexibility index (Phi) is 1.10. The normalized spacial score (nSPS) is 9.73. The topological polar surface area (TPSA) is 65.4 Å². The monoisotopic (exact) mass is 144 g/mol. The second-order valence-corrected chi connectivity index (χ2v) is 2.12.